The van der Waals surface area contributed by atoms with Gasteiger partial charge in [-0.3, -0.25) is 9.59 Å². The van der Waals surface area contributed by atoms with Crippen LogP contribution in [0, 0.1) is 11.8 Å². The minimum Gasteiger partial charge on any atom is -0.349 e. The minimum absolute atomic E-state index is 0.0384. The van der Waals surface area contributed by atoms with Crippen LogP contribution in [0.15, 0.2) is 24.3 Å². The van der Waals surface area contributed by atoms with Crippen molar-refractivity contribution >= 4 is 34.3 Å². The molecule has 1 aromatic carbocycles. The summed E-state index contributed by atoms with van der Waals surface area (Å²) in [6, 6.07) is 7.06. The van der Waals surface area contributed by atoms with Crippen molar-refractivity contribution in [3.63, 3.8) is 0 Å². The summed E-state index contributed by atoms with van der Waals surface area (Å²) < 4.78 is 0. The highest BCUT2D eigenvalue weighted by Gasteiger charge is 2.33. The van der Waals surface area contributed by atoms with Gasteiger partial charge in [0.25, 0.3) is 5.91 Å². The smallest absolute Gasteiger partial charge is 0.272 e. The summed E-state index contributed by atoms with van der Waals surface area (Å²) in [6.07, 6.45) is 2.35. The van der Waals surface area contributed by atoms with Gasteiger partial charge in [-0.15, -0.1) is 10.2 Å². The van der Waals surface area contributed by atoms with E-state index in [1.165, 1.54) is 0 Å². The van der Waals surface area contributed by atoms with E-state index in [4.69, 9.17) is 11.6 Å². The molecule has 0 spiro atoms. The van der Waals surface area contributed by atoms with Crippen LogP contribution in [0.4, 0.5) is 0 Å². The van der Waals surface area contributed by atoms with Gasteiger partial charge in [-0.05, 0) is 43.4 Å². The predicted molar refractivity (Wildman–Crippen MR) is 101 cm³/mol. The molecule has 0 radical (unpaired) electrons. The molecule has 3 rings (SSSR count). The lowest BCUT2D eigenvalue weighted by molar-refractivity contribution is -0.134. The lowest BCUT2D eigenvalue weighted by Gasteiger charge is -2.34. The number of halogens is 1. The molecular formula is C19H23ClN4O2. The van der Waals surface area contributed by atoms with Gasteiger partial charge in [0.05, 0.1) is 5.52 Å². The van der Waals surface area contributed by atoms with Crippen molar-refractivity contribution in [1.29, 1.82) is 0 Å². The molecule has 1 aromatic heterocycles. The molecular weight excluding hydrogens is 352 g/mol. The molecule has 7 heteroatoms. The summed E-state index contributed by atoms with van der Waals surface area (Å²) in [7, 11) is 3.57. The molecule has 1 N–H and O–H groups in total. The van der Waals surface area contributed by atoms with E-state index in [2.05, 4.69) is 22.4 Å². The average molecular weight is 375 g/mol. The molecule has 2 amide bonds. The van der Waals surface area contributed by atoms with Gasteiger partial charge in [-0.25, -0.2) is 0 Å². The van der Waals surface area contributed by atoms with Gasteiger partial charge < -0.3 is 10.2 Å². The molecule has 2 aromatic rings. The van der Waals surface area contributed by atoms with Crippen molar-refractivity contribution in [3.8, 4) is 0 Å². The fourth-order valence-corrected chi connectivity index (χ4v) is 3.73. The number of nitrogens with zero attached hydrogens (tertiary/aromatic N) is 3. The first-order valence-electron chi connectivity index (χ1n) is 8.80. The number of hydrogen-bond acceptors (Lipinski definition) is 4. The van der Waals surface area contributed by atoms with Crippen molar-refractivity contribution in [1.82, 2.24) is 20.4 Å². The lowest BCUT2D eigenvalue weighted by Crippen LogP contribution is -2.45. The fraction of sp³-hybridized carbons (Fsp3) is 0.474. The van der Waals surface area contributed by atoms with Gasteiger partial charge in [0.1, 0.15) is 0 Å². The van der Waals surface area contributed by atoms with Crippen LogP contribution in [0.5, 0.6) is 0 Å². The largest absolute Gasteiger partial charge is 0.349 e. The van der Waals surface area contributed by atoms with E-state index in [0.717, 1.165) is 24.6 Å². The van der Waals surface area contributed by atoms with Crippen LogP contribution in [0.25, 0.3) is 10.9 Å². The Balaban J connectivity index is 1.67. The first-order valence-corrected chi connectivity index (χ1v) is 9.18. The second-order valence-corrected chi connectivity index (χ2v) is 7.67. The highest BCUT2D eigenvalue weighted by molar-refractivity contribution is 6.31. The van der Waals surface area contributed by atoms with Crippen LogP contribution >= 0.6 is 11.6 Å². The highest BCUT2D eigenvalue weighted by Crippen LogP contribution is 2.30. The van der Waals surface area contributed by atoms with E-state index in [9.17, 15) is 9.59 Å². The molecule has 1 fully saturated rings. The van der Waals surface area contributed by atoms with Crippen molar-refractivity contribution in [2.45, 2.75) is 32.2 Å². The van der Waals surface area contributed by atoms with E-state index in [1.807, 2.05) is 6.07 Å². The predicted octanol–water partition coefficient (Wildman–Crippen LogP) is 2.91. The van der Waals surface area contributed by atoms with E-state index < -0.39 is 0 Å². The third-order valence-electron chi connectivity index (χ3n) is 5.06. The maximum atomic E-state index is 12.6. The Labute approximate surface area is 157 Å². The molecule has 0 unspecified atom stereocenters. The number of carbonyl (C=O) groups excluding carboxylic acids is 2. The van der Waals surface area contributed by atoms with Crippen molar-refractivity contribution in [2.75, 3.05) is 14.1 Å². The Morgan fingerprint density at radius 2 is 1.96 bits per heavy atom. The van der Waals surface area contributed by atoms with Crippen molar-refractivity contribution in [3.05, 3.63) is 35.0 Å². The fourth-order valence-electron chi connectivity index (χ4n) is 3.56. The Hall–Kier alpha value is -2.21. The van der Waals surface area contributed by atoms with Gasteiger partial charge in [0, 0.05) is 36.5 Å². The third-order valence-corrected chi connectivity index (χ3v) is 5.29. The monoisotopic (exact) mass is 374 g/mol. The number of nitrogens with one attached hydrogen (secondary N) is 1. The van der Waals surface area contributed by atoms with Crippen molar-refractivity contribution < 1.29 is 9.59 Å². The van der Waals surface area contributed by atoms with Crippen LogP contribution in [0.1, 0.15) is 36.7 Å². The lowest BCUT2D eigenvalue weighted by atomic mass is 9.78. The number of benzene rings is 1. The molecule has 1 aliphatic carbocycles. The Kier molecular flexibility index (Phi) is 5.41. The number of aromatic nitrogens is 2. The molecule has 6 nitrogen and oxygen atoms in total. The molecule has 26 heavy (non-hydrogen) atoms. The minimum atomic E-state index is -0.233. The summed E-state index contributed by atoms with van der Waals surface area (Å²) in [5.74, 6) is 0.205. The standard InChI is InChI=1S/C19H23ClN4O2/c1-11-8-13(19(26)24(2)3)5-7-15(11)21-18(25)17-9-12-4-6-14(20)10-16(12)22-23-17/h4,6,9-11,13,15H,5,7-8H2,1-3H3,(H,21,25)/t11-,13+,15+/m1/s1. The van der Waals surface area contributed by atoms with E-state index in [-0.39, 0.29) is 29.7 Å². The van der Waals surface area contributed by atoms with E-state index in [0.29, 0.717) is 16.2 Å². The molecule has 0 aliphatic heterocycles. The molecule has 0 bridgehead atoms. The molecule has 1 saturated carbocycles. The van der Waals surface area contributed by atoms with Crippen LogP contribution in [0.2, 0.25) is 5.02 Å². The number of rotatable bonds is 3. The van der Waals surface area contributed by atoms with Crippen LogP contribution in [-0.2, 0) is 4.79 Å². The average Bonchev–Trinajstić information content (AvgIpc) is 2.62. The quantitative estimate of drug-likeness (QED) is 0.896. The molecule has 0 saturated heterocycles. The van der Waals surface area contributed by atoms with E-state index in [1.54, 1.807) is 37.2 Å². The summed E-state index contributed by atoms with van der Waals surface area (Å²) in [5.41, 5.74) is 0.948. The van der Waals surface area contributed by atoms with Gasteiger partial charge >= 0.3 is 0 Å². The molecule has 1 aliphatic rings. The zero-order chi connectivity index (χ0) is 18.8. The highest BCUT2D eigenvalue weighted by atomic mass is 35.5. The zero-order valence-electron chi connectivity index (χ0n) is 15.2. The normalized spacial score (nSPS) is 22.8. The van der Waals surface area contributed by atoms with Crippen molar-refractivity contribution in [2.24, 2.45) is 11.8 Å². The van der Waals surface area contributed by atoms with E-state index >= 15 is 0 Å². The molecule has 3 atom stereocenters. The van der Waals surface area contributed by atoms with Crippen LogP contribution in [-0.4, -0.2) is 47.0 Å². The van der Waals surface area contributed by atoms with Gasteiger partial charge in [0.15, 0.2) is 5.69 Å². The second-order valence-electron chi connectivity index (χ2n) is 7.23. The summed E-state index contributed by atoms with van der Waals surface area (Å²) >= 11 is 5.95. The maximum Gasteiger partial charge on any atom is 0.272 e. The molecule has 1 heterocycles. The number of amides is 2. The van der Waals surface area contributed by atoms with Crippen LogP contribution < -0.4 is 5.32 Å². The first kappa shape index (κ1) is 18.6. The van der Waals surface area contributed by atoms with Crippen LogP contribution in [0.3, 0.4) is 0 Å². The molecule has 138 valence electrons. The first-order chi connectivity index (χ1) is 12.3. The summed E-state index contributed by atoms with van der Waals surface area (Å²) in [4.78, 5) is 26.4. The number of carbonyl (C=O) groups is 2. The van der Waals surface area contributed by atoms with Gasteiger partial charge in [-0.2, -0.15) is 0 Å². The SMILES string of the molecule is C[C@@H]1C[C@@H](C(=O)N(C)C)CC[C@@H]1NC(=O)c1cc2ccc(Cl)cc2nn1. The Bertz CT molecular complexity index is 839. The summed E-state index contributed by atoms with van der Waals surface area (Å²) in [5, 5.41) is 12.6. The topological polar surface area (TPSA) is 75.2 Å². The third kappa shape index (κ3) is 3.96. The zero-order valence-corrected chi connectivity index (χ0v) is 16.0. The maximum absolute atomic E-state index is 12.6. The van der Waals surface area contributed by atoms with Gasteiger partial charge in [0.2, 0.25) is 5.91 Å². The van der Waals surface area contributed by atoms with Gasteiger partial charge in [-0.1, -0.05) is 24.6 Å². The Morgan fingerprint density at radius 3 is 2.65 bits per heavy atom. The Morgan fingerprint density at radius 1 is 1.19 bits per heavy atom. The number of fused-ring (bicyclic) bond motifs is 1. The number of hydrogen-bond donors (Lipinski definition) is 1. The summed E-state index contributed by atoms with van der Waals surface area (Å²) in [6.45, 7) is 2.08. The second kappa shape index (κ2) is 7.58.